The molecule has 1 aromatic carbocycles. The maximum atomic E-state index is 5.37. The van der Waals surface area contributed by atoms with Crippen LogP contribution < -0.4 is 0 Å². The molecule has 0 unspecified atom stereocenters. The van der Waals surface area contributed by atoms with Crippen molar-refractivity contribution in [1.82, 2.24) is 0 Å². The monoisotopic (exact) mass is 256 g/mol. The predicted molar refractivity (Wildman–Crippen MR) is 82.8 cm³/mol. The van der Waals surface area contributed by atoms with Crippen molar-refractivity contribution in [3.8, 4) is 11.8 Å². The first kappa shape index (κ1) is 15.5. The van der Waals surface area contributed by atoms with Gasteiger partial charge in [-0.25, -0.2) is 0 Å². The molecule has 0 aromatic heterocycles. The lowest BCUT2D eigenvalue weighted by Crippen LogP contribution is -1.91. The van der Waals surface area contributed by atoms with E-state index in [2.05, 4.69) is 49.1 Å². The van der Waals surface area contributed by atoms with E-state index >= 15 is 0 Å². The SMILES string of the molecule is CCCCC#C/C(=C\CCOCC)c1ccccc1. The lowest BCUT2D eigenvalue weighted by Gasteiger charge is -2.01. The fraction of sp³-hybridized carbons (Fsp3) is 0.444. The van der Waals surface area contributed by atoms with Crippen LogP contribution in [0.25, 0.3) is 5.57 Å². The zero-order chi connectivity index (χ0) is 13.8. The summed E-state index contributed by atoms with van der Waals surface area (Å²) < 4.78 is 5.37. The highest BCUT2D eigenvalue weighted by Gasteiger charge is 1.96. The van der Waals surface area contributed by atoms with Gasteiger partial charge in [0, 0.05) is 18.6 Å². The van der Waals surface area contributed by atoms with Gasteiger partial charge in [-0.2, -0.15) is 0 Å². The van der Waals surface area contributed by atoms with Crippen LogP contribution in [0.3, 0.4) is 0 Å². The molecule has 0 aliphatic carbocycles. The molecule has 102 valence electrons. The van der Waals surface area contributed by atoms with Gasteiger partial charge in [-0.15, -0.1) is 0 Å². The molecule has 0 spiro atoms. The Kier molecular flexibility index (Phi) is 8.51. The van der Waals surface area contributed by atoms with Crippen molar-refractivity contribution < 1.29 is 4.74 Å². The first-order chi connectivity index (χ1) is 9.38. The highest BCUT2D eigenvalue weighted by Crippen LogP contribution is 2.14. The minimum Gasteiger partial charge on any atom is -0.381 e. The quantitative estimate of drug-likeness (QED) is 0.508. The van der Waals surface area contributed by atoms with E-state index in [0.29, 0.717) is 0 Å². The van der Waals surface area contributed by atoms with Crippen LogP contribution in [0.2, 0.25) is 0 Å². The van der Waals surface area contributed by atoms with Crippen LogP contribution in [-0.2, 0) is 4.74 Å². The van der Waals surface area contributed by atoms with Crippen molar-refractivity contribution in [2.45, 2.75) is 39.5 Å². The Hall–Kier alpha value is -1.52. The molecule has 0 saturated heterocycles. The summed E-state index contributed by atoms with van der Waals surface area (Å²) in [5.41, 5.74) is 2.32. The van der Waals surface area contributed by atoms with Gasteiger partial charge in [0.05, 0.1) is 6.61 Å². The maximum absolute atomic E-state index is 5.37. The molecule has 0 atom stereocenters. The van der Waals surface area contributed by atoms with E-state index in [9.17, 15) is 0 Å². The van der Waals surface area contributed by atoms with E-state index in [1.165, 1.54) is 18.4 Å². The lowest BCUT2D eigenvalue weighted by atomic mass is 10.0. The number of rotatable bonds is 7. The first-order valence-electron chi connectivity index (χ1n) is 7.20. The molecule has 0 heterocycles. The van der Waals surface area contributed by atoms with E-state index < -0.39 is 0 Å². The number of hydrogen-bond donors (Lipinski definition) is 0. The van der Waals surface area contributed by atoms with Crippen LogP contribution in [0.1, 0.15) is 45.1 Å². The molecule has 19 heavy (non-hydrogen) atoms. The molecule has 0 N–H and O–H groups in total. The standard InChI is InChI=1S/C18H24O/c1-3-5-6-8-12-18(15-11-16-19-4-2)17-13-9-7-10-14-17/h7,9-10,13-15H,3-6,11,16H2,1-2H3/b18-15+. The summed E-state index contributed by atoms with van der Waals surface area (Å²) in [5.74, 6) is 6.57. The average Bonchev–Trinajstić information content (AvgIpc) is 2.46. The van der Waals surface area contributed by atoms with E-state index in [4.69, 9.17) is 4.74 Å². The van der Waals surface area contributed by atoms with E-state index in [-0.39, 0.29) is 0 Å². The van der Waals surface area contributed by atoms with Gasteiger partial charge < -0.3 is 4.74 Å². The Morgan fingerprint density at radius 3 is 2.68 bits per heavy atom. The average molecular weight is 256 g/mol. The minimum absolute atomic E-state index is 0.767. The highest BCUT2D eigenvalue weighted by atomic mass is 16.5. The summed E-state index contributed by atoms with van der Waals surface area (Å²) in [5, 5.41) is 0. The Bertz CT molecular complexity index is 420. The number of ether oxygens (including phenoxy) is 1. The third kappa shape index (κ3) is 6.84. The van der Waals surface area contributed by atoms with E-state index in [1.54, 1.807) is 0 Å². The summed E-state index contributed by atoms with van der Waals surface area (Å²) in [6.45, 7) is 5.75. The summed E-state index contributed by atoms with van der Waals surface area (Å²) in [6.07, 6.45) is 6.45. The largest absolute Gasteiger partial charge is 0.381 e. The van der Waals surface area contributed by atoms with Crippen molar-refractivity contribution in [3.63, 3.8) is 0 Å². The number of hydrogen-bond acceptors (Lipinski definition) is 1. The predicted octanol–water partition coefficient (Wildman–Crippen LogP) is 4.69. The molecule has 0 amide bonds. The molecular weight excluding hydrogens is 232 g/mol. The molecule has 1 heteroatoms. The van der Waals surface area contributed by atoms with Crippen molar-refractivity contribution >= 4 is 5.57 Å². The fourth-order valence-corrected chi connectivity index (χ4v) is 1.71. The number of unbranched alkanes of at least 4 members (excludes halogenated alkanes) is 2. The molecule has 0 fully saturated rings. The van der Waals surface area contributed by atoms with Gasteiger partial charge in [0.25, 0.3) is 0 Å². The third-order valence-electron chi connectivity index (χ3n) is 2.78. The van der Waals surface area contributed by atoms with Gasteiger partial charge in [-0.3, -0.25) is 0 Å². The van der Waals surface area contributed by atoms with Crippen molar-refractivity contribution in [3.05, 3.63) is 42.0 Å². The van der Waals surface area contributed by atoms with E-state index in [0.717, 1.165) is 31.6 Å². The van der Waals surface area contributed by atoms with Crippen molar-refractivity contribution in [2.24, 2.45) is 0 Å². The summed E-state index contributed by atoms with van der Waals surface area (Å²) >= 11 is 0. The van der Waals surface area contributed by atoms with Gasteiger partial charge in [-0.1, -0.05) is 61.6 Å². The van der Waals surface area contributed by atoms with Crippen LogP contribution in [0.4, 0.5) is 0 Å². The fourth-order valence-electron chi connectivity index (χ4n) is 1.71. The summed E-state index contributed by atoms with van der Waals surface area (Å²) in [7, 11) is 0. The highest BCUT2D eigenvalue weighted by molar-refractivity contribution is 5.78. The molecule has 1 rings (SSSR count). The van der Waals surface area contributed by atoms with Crippen molar-refractivity contribution in [1.29, 1.82) is 0 Å². The zero-order valence-corrected chi connectivity index (χ0v) is 12.1. The zero-order valence-electron chi connectivity index (χ0n) is 12.1. The smallest absolute Gasteiger partial charge is 0.0500 e. The Labute approximate surface area is 117 Å². The minimum atomic E-state index is 0.767. The maximum Gasteiger partial charge on any atom is 0.0500 e. The van der Waals surface area contributed by atoms with Gasteiger partial charge in [-0.05, 0) is 25.3 Å². The van der Waals surface area contributed by atoms with Crippen LogP contribution in [0.15, 0.2) is 36.4 Å². The van der Waals surface area contributed by atoms with Crippen molar-refractivity contribution in [2.75, 3.05) is 13.2 Å². The molecule has 1 aromatic rings. The summed E-state index contributed by atoms with van der Waals surface area (Å²) in [4.78, 5) is 0. The Balaban J connectivity index is 2.69. The van der Waals surface area contributed by atoms with Crippen LogP contribution in [0, 0.1) is 11.8 Å². The molecule has 0 radical (unpaired) electrons. The second-order valence-corrected chi connectivity index (χ2v) is 4.37. The lowest BCUT2D eigenvalue weighted by molar-refractivity contribution is 0.152. The van der Waals surface area contributed by atoms with Gasteiger partial charge in [0.2, 0.25) is 0 Å². The summed E-state index contributed by atoms with van der Waals surface area (Å²) in [6, 6.07) is 10.4. The normalized spacial score (nSPS) is 10.9. The van der Waals surface area contributed by atoms with Gasteiger partial charge in [0.15, 0.2) is 0 Å². The van der Waals surface area contributed by atoms with Crippen LogP contribution in [0.5, 0.6) is 0 Å². The molecular formula is C18H24O. The molecule has 0 saturated carbocycles. The second-order valence-electron chi connectivity index (χ2n) is 4.37. The Morgan fingerprint density at radius 1 is 1.21 bits per heavy atom. The third-order valence-corrected chi connectivity index (χ3v) is 2.78. The van der Waals surface area contributed by atoms with Gasteiger partial charge in [0.1, 0.15) is 0 Å². The topological polar surface area (TPSA) is 9.23 Å². The number of benzene rings is 1. The van der Waals surface area contributed by atoms with Crippen LogP contribution in [-0.4, -0.2) is 13.2 Å². The molecule has 0 aliphatic heterocycles. The second kappa shape index (κ2) is 10.4. The number of allylic oxidation sites excluding steroid dienone is 1. The van der Waals surface area contributed by atoms with E-state index in [1.807, 2.05) is 13.0 Å². The van der Waals surface area contributed by atoms with Crippen LogP contribution >= 0.6 is 0 Å². The molecule has 0 aliphatic rings. The molecule has 0 bridgehead atoms. The molecule has 1 nitrogen and oxygen atoms in total. The Morgan fingerprint density at radius 2 is 2.00 bits per heavy atom. The van der Waals surface area contributed by atoms with Gasteiger partial charge >= 0.3 is 0 Å². The first-order valence-corrected chi connectivity index (χ1v) is 7.20.